The lowest BCUT2D eigenvalue weighted by Crippen LogP contribution is -2.42. The van der Waals surface area contributed by atoms with Crippen molar-refractivity contribution in [3.8, 4) is 5.75 Å². The van der Waals surface area contributed by atoms with Crippen molar-refractivity contribution >= 4 is 11.8 Å². The molecule has 0 fully saturated rings. The predicted molar refractivity (Wildman–Crippen MR) is 147 cm³/mol. The fourth-order valence-corrected chi connectivity index (χ4v) is 4.11. The van der Waals surface area contributed by atoms with Crippen LogP contribution in [-0.2, 0) is 22.6 Å². The Balaban J connectivity index is 1.52. The van der Waals surface area contributed by atoms with Crippen LogP contribution in [0.25, 0.3) is 0 Å². The maximum atomic E-state index is 12.9. The molecule has 3 aromatic rings. The van der Waals surface area contributed by atoms with E-state index in [-0.39, 0.29) is 31.4 Å². The van der Waals surface area contributed by atoms with Crippen LogP contribution >= 0.6 is 0 Å². The molecular formula is C31H36N2O5. The molecule has 0 aliphatic heterocycles. The van der Waals surface area contributed by atoms with E-state index in [2.05, 4.69) is 17.2 Å². The zero-order valence-corrected chi connectivity index (χ0v) is 21.5. The smallest absolute Gasteiger partial charge is 0.224 e. The Morgan fingerprint density at radius 2 is 1.50 bits per heavy atom. The van der Waals surface area contributed by atoms with Gasteiger partial charge >= 0.3 is 0 Å². The third-order valence-corrected chi connectivity index (χ3v) is 6.19. The van der Waals surface area contributed by atoms with Gasteiger partial charge in [-0.05, 0) is 41.7 Å². The van der Waals surface area contributed by atoms with Crippen molar-refractivity contribution < 1.29 is 24.5 Å². The second kappa shape index (κ2) is 15.3. The van der Waals surface area contributed by atoms with Crippen LogP contribution < -0.4 is 15.4 Å². The Hall–Kier alpha value is -3.94. The number of aliphatic hydroxyl groups excluding tert-OH is 2. The summed E-state index contributed by atoms with van der Waals surface area (Å²) in [5.41, 5.74) is 2.79. The number of benzene rings is 3. The van der Waals surface area contributed by atoms with Crippen molar-refractivity contribution in [2.45, 2.75) is 38.0 Å². The van der Waals surface area contributed by atoms with E-state index in [9.17, 15) is 19.8 Å². The fraction of sp³-hybridized carbons (Fsp3) is 0.290. The minimum absolute atomic E-state index is 0.0619. The number of carbonyl (C=O) groups excluding carboxylic acids is 2. The highest BCUT2D eigenvalue weighted by atomic mass is 16.5. The van der Waals surface area contributed by atoms with E-state index in [1.165, 1.54) is 0 Å². The summed E-state index contributed by atoms with van der Waals surface area (Å²) in [5.74, 6) is -0.591. The van der Waals surface area contributed by atoms with Crippen LogP contribution in [0.4, 0.5) is 0 Å². The molecule has 0 saturated heterocycles. The van der Waals surface area contributed by atoms with Gasteiger partial charge in [0.05, 0.1) is 31.2 Å². The molecule has 7 heteroatoms. The van der Waals surface area contributed by atoms with Gasteiger partial charge in [-0.2, -0.15) is 0 Å². The lowest BCUT2D eigenvalue weighted by atomic mass is 9.98. The highest BCUT2D eigenvalue weighted by Crippen LogP contribution is 2.18. The Kier molecular flexibility index (Phi) is 11.6. The number of aliphatic hydroxyl groups is 2. The van der Waals surface area contributed by atoms with Gasteiger partial charge in [0.25, 0.3) is 0 Å². The molecule has 4 N–H and O–H groups in total. The average Bonchev–Trinajstić information content (AvgIpc) is 2.95. The first-order chi connectivity index (χ1) is 18.5. The molecule has 0 bridgehead atoms. The van der Waals surface area contributed by atoms with E-state index in [1.54, 1.807) is 6.08 Å². The Morgan fingerprint density at radius 3 is 2.11 bits per heavy atom. The third-order valence-electron chi connectivity index (χ3n) is 6.19. The van der Waals surface area contributed by atoms with Crippen LogP contribution in [0.5, 0.6) is 5.75 Å². The molecule has 200 valence electrons. The largest absolute Gasteiger partial charge is 0.489 e. The van der Waals surface area contributed by atoms with Gasteiger partial charge in [-0.15, -0.1) is 6.58 Å². The second-order valence-electron chi connectivity index (χ2n) is 9.15. The van der Waals surface area contributed by atoms with Crippen LogP contribution in [-0.4, -0.2) is 41.3 Å². The molecule has 0 radical (unpaired) electrons. The molecule has 38 heavy (non-hydrogen) atoms. The predicted octanol–water partition coefficient (Wildman–Crippen LogP) is 3.72. The number of carbonyl (C=O) groups is 2. The van der Waals surface area contributed by atoms with Crippen molar-refractivity contribution in [1.29, 1.82) is 0 Å². The molecule has 0 spiro atoms. The van der Waals surface area contributed by atoms with E-state index < -0.39 is 18.0 Å². The van der Waals surface area contributed by atoms with Crippen molar-refractivity contribution in [2.75, 3.05) is 13.2 Å². The molecule has 3 aromatic carbocycles. The van der Waals surface area contributed by atoms with Crippen LogP contribution in [0, 0.1) is 5.92 Å². The van der Waals surface area contributed by atoms with Gasteiger partial charge in [-0.1, -0.05) is 78.9 Å². The molecule has 0 unspecified atom stereocenters. The van der Waals surface area contributed by atoms with Crippen LogP contribution in [0.3, 0.4) is 0 Å². The Labute approximate surface area is 224 Å². The normalized spacial score (nSPS) is 13.1. The SMILES string of the molecule is C=CC[C@H](CC(=O)N[C@H](CO)Cc1ccc(OCc2ccccc2)cc1)C(=O)N[C@H](CO)c1ccccc1. The topological polar surface area (TPSA) is 108 Å². The second-order valence-corrected chi connectivity index (χ2v) is 9.15. The quantitative estimate of drug-likeness (QED) is 0.230. The average molecular weight is 517 g/mol. The zero-order chi connectivity index (χ0) is 27.2. The maximum absolute atomic E-state index is 12.9. The van der Waals surface area contributed by atoms with E-state index in [0.717, 1.165) is 22.4 Å². The van der Waals surface area contributed by atoms with Gasteiger partial charge in [0.2, 0.25) is 11.8 Å². The molecule has 7 nitrogen and oxygen atoms in total. The monoisotopic (exact) mass is 516 g/mol. The van der Waals surface area contributed by atoms with Gasteiger partial charge in [0.15, 0.2) is 0 Å². The number of rotatable bonds is 15. The molecule has 2 amide bonds. The van der Waals surface area contributed by atoms with Crippen LogP contribution in [0.1, 0.15) is 35.6 Å². The van der Waals surface area contributed by atoms with Gasteiger partial charge in [0, 0.05) is 6.42 Å². The summed E-state index contributed by atoms with van der Waals surface area (Å²) < 4.78 is 5.82. The van der Waals surface area contributed by atoms with Crippen LogP contribution in [0.15, 0.2) is 97.6 Å². The number of hydrogen-bond donors (Lipinski definition) is 4. The van der Waals surface area contributed by atoms with Crippen LogP contribution in [0.2, 0.25) is 0 Å². The summed E-state index contributed by atoms with van der Waals surface area (Å²) in [6, 6.07) is 25.5. The molecule has 3 rings (SSSR count). The highest BCUT2D eigenvalue weighted by Gasteiger charge is 2.25. The lowest BCUT2D eigenvalue weighted by molar-refractivity contribution is -0.131. The van der Waals surface area contributed by atoms with Crippen molar-refractivity contribution in [3.63, 3.8) is 0 Å². The van der Waals surface area contributed by atoms with E-state index in [0.29, 0.717) is 19.4 Å². The van der Waals surface area contributed by atoms with Gasteiger partial charge < -0.3 is 25.6 Å². The zero-order valence-electron chi connectivity index (χ0n) is 21.5. The fourth-order valence-electron chi connectivity index (χ4n) is 4.11. The minimum atomic E-state index is -0.648. The number of amides is 2. The minimum Gasteiger partial charge on any atom is -0.489 e. The first-order valence-corrected chi connectivity index (χ1v) is 12.7. The lowest BCUT2D eigenvalue weighted by Gasteiger charge is -2.22. The third kappa shape index (κ3) is 9.18. The summed E-state index contributed by atoms with van der Waals surface area (Å²) in [7, 11) is 0. The molecule has 0 aliphatic carbocycles. The first kappa shape index (κ1) is 28.6. The molecule has 0 saturated carbocycles. The van der Waals surface area contributed by atoms with Gasteiger partial charge in [-0.25, -0.2) is 0 Å². The first-order valence-electron chi connectivity index (χ1n) is 12.7. The van der Waals surface area contributed by atoms with Crippen molar-refractivity contribution in [2.24, 2.45) is 5.92 Å². The molecule has 0 heterocycles. The highest BCUT2D eigenvalue weighted by molar-refractivity contribution is 5.86. The van der Waals surface area contributed by atoms with Gasteiger partial charge in [-0.3, -0.25) is 9.59 Å². The van der Waals surface area contributed by atoms with E-state index >= 15 is 0 Å². The number of nitrogens with one attached hydrogen (secondary N) is 2. The summed E-state index contributed by atoms with van der Waals surface area (Å²) >= 11 is 0. The Morgan fingerprint density at radius 1 is 0.842 bits per heavy atom. The Bertz CT molecular complexity index is 1140. The summed E-state index contributed by atoms with van der Waals surface area (Å²) in [6.45, 7) is 3.68. The molecule has 3 atom stereocenters. The molecule has 0 aromatic heterocycles. The summed E-state index contributed by atoms with van der Waals surface area (Å²) in [4.78, 5) is 25.7. The summed E-state index contributed by atoms with van der Waals surface area (Å²) in [6.07, 6.45) is 2.27. The van der Waals surface area contributed by atoms with Crippen molar-refractivity contribution in [1.82, 2.24) is 10.6 Å². The van der Waals surface area contributed by atoms with E-state index in [1.807, 2.05) is 84.9 Å². The van der Waals surface area contributed by atoms with E-state index in [4.69, 9.17) is 4.74 Å². The van der Waals surface area contributed by atoms with Crippen molar-refractivity contribution in [3.05, 3.63) is 114 Å². The number of allylic oxidation sites excluding steroid dienone is 1. The molecule has 0 aliphatic rings. The molecular weight excluding hydrogens is 480 g/mol. The maximum Gasteiger partial charge on any atom is 0.224 e. The summed E-state index contributed by atoms with van der Waals surface area (Å²) in [5, 5.41) is 25.3. The number of ether oxygens (including phenoxy) is 1. The van der Waals surface area contributed by atoms with Gasteiger partial charge in [0.1, 0.15) is 12.4 Å². The number of hydrogen-bond acceptors (Lipinski definition) is 5. The standard InChI is InChI=1S/C31H36N2O5/c1-2-9-26(31(37)33-29(21-35)25-12-7-4-8-13-25)19-30(36)32-27(20-34)18-23-14-16-28(17-15-23)38-22-24-10-5-3-6-11-24/h2-8,10-17,26-27,29,34-35H,1,9,18-22H2,(H,32,36)(H,33,37)/t26-,27+,29-/m1/s1.